The topological polar surface area (TPSA) is 49.3 Å². The Morgan fingerprint density at radius 1 is 1.44 bits per heavy atom. The van der Waals surface area contributed by atoms with E-state index in [-0.39, 0.29) is 12.5 Å². The zero-order chi connectivity index (χ0) is 13.2. The summed E-state index contributed by atoms with van der Waals surface area (Å²) in [7, 11) is 0. The molecule has 3 nitrogen and oxygen atoms in total. The smallest absolute Gasteiger partial charge is 0.252 e. The van der Waals surface area contributed by atoms with Gasteiger partial charge in [0.25, 0.3) is 5.91 Å². The summed E-state index contributed by atoms with van der Waals surface area (Å²) in [6.45, 7) is 3.89. The number of amides is 1. The lowest BCUT2D eigenvalue weighted by molar-refractivity contribution is 0.0519. The fraction of sp³-hybridized carbons (Fsp3) is 0.357. The van der Waals surface area contributed by atoms with Gasteiger partial charge in [0.1, 0.15) is 0 Å². The van der Waals surface area contributed by atoms with Crippen LogP contribution in [0, 0.1) is 0 Å². The van der Waals surface area contributed by atoms with Crippen LogP contribution in [0.25, 0.3) is 10.1 Å². The molecule has 0 saturated carbocycles. The van der Waals surface area contributed by atoms with Gasteiger partial charge in [0, 0.05) is 22.0 Å². The number of fused-ring (bicyclic) bond motifs is 1. The largest absolute Gasteiger partial charge is 0.388 e. The number of benzene rings is 1. The minimum absolute atomic E-state index is 0.124. The Morgan fingerprint density at radius 3 is 2.89 bits per heavy atom. The van der Waals surface area contributed by atoms with Crippen molar-refractivity contribution in [3.8, 4) is 0 Å². The van der Waals surface area contributed by atoms with Crippen molar-refractivity contribution < 1.29 is 9.90 Å². The molecule has 0 spiro atoms. The number of nitrogens with one attached hydrogen (secondary N) is 1. The molecule has 0 radical (unpaired) electrons. The van der Waals surface area contributed by atoms with E-state index < -0.39 is 5.60 Å². The van der Waals surface area contributed by atoms with Crippen molar-refractivity contribution in [2.45, 2.75) is 25.9 Å². The average Bonchev–Trinajstić information content (AvgIpc) is 2.80. The number of carbonyl (C=O) groups excluding carboxylic acids is 1. The van der Waals surface area contributed by atoms with Gasteiger partial charge in [-0.25, -0.2) is 0 Å². The molecule has 1 aromatic carbocycles. The maximum Gasteiger partial charge on any atom is 0.252 e. The molecule has 0 aliphatic carbocycles. The van der Waals surface area contributed by atoms with E-state index >= 15 is 0 Å². The Kier molecular flexibility index (Phi) is 3.68. The highest BCUT2D eigenvalue weighted by Gasteiger charge is 2.19. The van der Waals surface area contributed by atoms with Crippen LogP contribution in [-0.4, -0.2) is 23.2 Å². The van der Waals surface area contributed by atoms with Crippen LogP contribution in [0.3, 0.4) is 0 Å². The molecule has 0 aliphatic rings. The van der Waals surface area contributed by atoms with E-state index in [0.29, 0.717) is 12.0 Å². The maximum atomic E-state index is 12.1. The third-order valence-electron chi connectivity index (χ3n) is 3.12. The van der Waals surface area contributed by atoms with Gasteiger partial charge in [0.05, 0.1) is 11.2 Å². The summed E-state index contributed by atoms with van der Waals surface area (Å²) in [4.78, 5) is 12.1. The van der Waals surface area contributed by atoms with Gasteiger partial charge in [0.2, 0.25) is 0 Å². The second-order valence-corrected chi connectivity index (χ2v) is 5.59. The van der Waals surface area contributed by atoms with Crippen molar-refractivity contribution in [3.05, 3.63) is 35.2 Å². The van der Waals surface area contributed by atoms with Gasteiger partial charge in [-0.05, 0) is 19.4 Å². The first-order valence-electron chi connectivity index (χ1n) is 6.00. The molecule has 4 heteroatoms. The summed E-state index contributed by atoms with van der Waals surface area (Å²) < 4.78 is 1.10. The Bertz CT molecular complexity index is 560. The van der Waals surface area contributed by atoms with Crippen molar-refractivity contribution in [2.24, 2.45) is 0 Å². The lowest BCUT2D eigenvalue weighted by Crippen LogP contribution is -2.40. The molecule has 2 N–H and O–H groups in total. The summed E-state index contributed by atoms with van der Waals surface area (Å²) in [6.07, 6.45) is 0.609. The van der Waals surface area contributed by atoms with Gasteiger partial charge in [-0.1, -0.05) is 25.1 Å². The second kappa shape index (κ2) is 5.08. The number of hydrogen-bond donors (Lipinski definition) is 2. The Balaban J connectivity index is 2.14. The predicted octanol–water partition coefficient (Wildman–Crippen LogP) is 2.79. The van der Waals surface area contributed by atoms with Crippen molar-refractivity contribution in [1.29, 1.82) is 0 Å². The van der Waals surface area contributed by atoms with Crippen molar-refractivity contribution in [1.82, 2.24) is 5.32 Å². The summed E-state index contributed by atoms with van der Waals surface area (Å²) in [5, 5.41) is 15.5. The Labute approximate surface area is 110 Å². The van der Waals surface area contributed by atoms with Gasteiger partial charge in [-0.15, -0.1) is 11.3 Å². The van der Waals surface area contributed by atoms with E-state index in [0.717, 1.165) is 10.1 Å². The zero-order valence-corrected chi connectivity index (χ0v) is 11.4. The van der Waals surface area contributed by atoms with Crippen molar-refractivity contribution in [3.63, 3.8) is 0 Å². The second-order valence-electron chi connectivity index (χ2n) is 4.68. The molecule has 2 aromatic rings. The molecule has 1 atom stereocenters. The molecule has 2 rings (SSSR count). The molecule has 0 bridgehead atoms. The summed E-state index contributed by atoms with van der Waals surface area (Å²) in [5.74, 6) is -0.124. The normalized spacial score (nSPS) is 14.4. The number of thiophene rings is 1. The van der Waals surface area contributed by atoms with E-state index in [1.807, 2.05) is 36.6 Å². The predicted molar refractivity (Wildman–Crippen MR) is 75.1 cm³/mol. The van der Waals surface area contributed by atoms with Gasteiger partial charge in [-0.2, -0.15) is 0 Å². The fourth-order valence-corrected chi connectivity index (χ4v) is 2.59. The minimum Gasteiger partial charge on any atom is -0.388 e. The monoisotopic (exact) mass is 263 g/mol. The number of rotatable bonds is 4. The zero-order valence-electron chi connectivity index (χ0n) is 10.6. The third-order valence-corrected chi connectivity index (χ3v) is 4.08. The molecular formula is C14H17NO2S. The molecular weight excluding hydrogens is 246 g/mol. The van der Waals surface area contributed by atoms with Crippen molar-refractivity contribution >= 4 is 27.3 Å². The van der Waals surface area contributed by atoms with Crippen LogP contribution < -0.4 is 5.32 Å². The summed E-state index contributed by atoms with van der Waals surface area (Å²) in [5.41, 5.74) is -0.163. The van der Waals surface area contributed by atoms with Crippen molar-refractivity contribution in [2.75, 3.05) is 6.54 Å². The lowest BCUT2D eigenvalue weighted by Gasteiger charge is -2.21. The molecule has 0 aliphatic heterocycles. The third kappa shape index (κ3) is 2.71. The Morgan fingerprint density at radius 2 is 2.17 bits per heavy atom. The average molecular weight is 263 g/mol. The molecule has 0 fully saturated rings. The summed E-state index contributed by atoms with van der Waals surface area (Å²) in [6, 6.07) is 7.83. The highest BCUT2D eigenvalue weighted by molar-refractivity contribution is 7.17. The molecule has 1 heterocycles. The van der Waals surface area contributed by atoms with E-state index in [4.69, 9.17) is 0 Å². The Hall–Kier alpha value is -1.39. The van der Waals surface area contributed by atoms with Crippen LogP contribution in [-0.2, 0) is 0 Å². The van der Waals surface area contributed by atoms with Crippen LogP contribution in [0.2, 0.25) is 0 Å². The summed E-state index contributed by atoms with van der Waals surface area (Å²) >= 11 is 1.56. The molecule has 0 saturated heterocycles. The fourth-order valence-electron chi connectivity index (χ4n) is 1.64. The standard InChI is InChI=1S/C14H17NO2S/c1-3-14(2,17)9-15-13(16)11-8-18-12-7-5-4-6-10(11)12/h4-8,17H,3,9H2,1-2H3,(H,15,16). The first kappa shape index (κ1) is 13.1. The van der Waals surface area contributed by atoms with E-state index in [2.05, 4.69) is 5.32 Å². The SMILES string of the molecule is CCC(C)(O)CNC(=O)c1csc2ccccc12. The van der Waals surface area contributed by atoms with Crippen LogP contribution in [0.5, 0.6) is 0 Å². The quantitative estimate of drug-likeness (QED) is 0.891. The first-order valence-corrected chi connectivity index (χ1v) is 6.88. The number of carbonyl (C=O) groups is 1. The highest BCUT2D eigenvalue weighted by atomic mass is 32.1. The molecule has 1 amide bonds. The molecule has 96 valence electrons. The van der Waals surface area contributed by atoms with E-state index in [1.165, 1.54) is 0 Å². The van der Waals surface area contributed by atoms with Gasteiger partial charge in [-0.3, -0.25) is 4.79 Å². The van der Waals surface area contributed by atoms with Crippen LogP contribution in [0.15, 0.2) is 29.6 Å². The van der Waals surface area contributed by atoms with Gasteiger partial charge >= 0.3 is 0 Å². The van der Waals surface area contributed by atoms with E-state index in [1.54, 1.807) is 18.3 Å². The van der Waals surface area contributed by atoms with Gasteiger partial charge < -0.3 is 10.4 Å². The lowest BCUT2D eigenvalue weighted by atomic mass is 10.0. The van der Waals surface area contributed by atoms with Crippen LogP contribution >= 0.6 is 11.3 Å². The van der Waals surface area contributed by atoms with Gasteiger partial charge in [0.15, 0.2) is 0 Å². The molecule has 1 aromatic heterocycles. The highest BCUT2D eigenvalue weighted by Crippen LogP contribution is 2.25. The molecule has 1 unspecified atom stereocenters. The minimum atomic E-state index is -0.846. The number of hydrogen-bond acceptors (Lipinski definition) is 3. The number of aliphatic hydroxyl groups is 1. The molecule has 18 heavy (non-hydrogen) atoms. The van der Waals surface area contributed by atoms with Crippen LogP contribution in [0.4, 0.5) is 0 Å². The first-order chi connectivity index (χ1) is 8.53. The maximum absolute atomic E-state index is 12.1. The van der Waals surface area contributed by atoms with Crippen LogP contribution in [0.1, 0.15) is 30.6 Å². The van der Waals surface area contributed by atoms with E-state index in [9.17, 15) is 9.90 Å².